The molecule has 0 amide bonds. The largest absolute Gasteiger partial charge is 0.316 e. The van der Waals surface area contributed by atoms with Crippen LogP contribution in [0.3, 0.4) is 0 Å². The summed E-state index contributed by atoms with van der Waals surface area (Å²) in [4.78, 5) is 9.18. The van der Waals surface area contributed by atoms with Gasteiger partial charge in [0.2, 0.25) is 0 Å². The van der Waals surface area contributed by atoms with Crippen LogP contribution in [0, 0.1) is 0 Å². The molecule has 4 heterocycles. The highest BCUT2D eigenvalue weighted by Crippen LogP contribution is 2.42. The first-order chi connectivity index (χ1) is 19.7. The molecule has 0 radical (unpaired) electrons. The van der Waals surface area contributed by atoms with E-state index in [1.807, 2.05) is 24.8 Å². The Hall–Kier alpha value is -2.70. The third kappa shape index (κ3) is 5.09. The zero-order chi connectivity index (χ0) is 27.5. The van der Waals surface area contributed by atoms with Crippen molar-refractivity contribution in [2.75, 3.05) is 0 Å². The Balaban J connectivity index is 1.46. The average Bonchev–Trinajstić information content (AvgIpc) is 3.50. The Morgan fingerprint density at radius 2 is 1.07 bits per heavy atom. The van der Waals surface area contributed by atoms with E-state index in [1.165, 1.54) is 83.9 Å². The molecule has 0 bridgehead atoms. The SMILES string of the molecule is CCCCCCCCCCCC(n1c2cnccc2c2cccc(Br)c21)n1c2cnccc2c2cccc(Br)c21. The van der Waals surface area contributed by atoms with Gasteiger partial charge in [-0.25, -0.2) is 0 Å². The van der Waals surface area contributed by atoms with Gasteiger partial charge in [0.25, 0.3) is 0 Å². The number of unbranched alkanes of at least 4 members (excludes halogenated alkanes) is 8. The van der Waals surface area contributed by atoms with Crippen molar-refractivity contribution < 1.29 is 0 Å². The van der Waals surface area contributed by atoms with Crippen LogP contribution < -0.4 is 0 Å². The van der Waals surface area contributed by atoms with Crippen molar-refractivity contribution in [2.24, 2.45) is 0 Å². The van der Waals surface area contributed by atoms with Crippen molar-refractivity contribution >= 4 is 75.5 Å². The molecule has 0 unspecified atom stereocenters. The van der Waals surface area contributed by atoms with Crippen LogP contribution in [0.1, 0.15) is 77.3 Å². The maximum atomic E-state index is 4.59. The minimum Gasteiger partial charge on any atom is -0.316 e. The predicted molar refractivity (Wildman–Crippen MR) is 176 cm³/mol. The van der Waals surface area contributed by atoms with E-state index in [1.54, 1.807) is 0 Å². The van der Waals surface area contributed by atoms with Gasteiger partial charge in [-0.15, -0.1) is 0 Å². The summed E-state index contributed by atoms with van der Waals surface area (Å²) in [6.07, 6.45) is 20.8. The molecule has 0 aliphatic carbocycles. The predicted octanol–water partition coefficient (Wildman–Crippen LogP) is 11.2. The van der Waals surface area contributed by atoms with Crippen LogP contribution in [0.15, 0.2) is 82.3 Å². The third-order valence-electron chi connectivity index (χ3n) is 8.32. The van der Waals surface area contributed by atoms with Gasteiger partial charge < -0.3 is 9.13 Å². The number of aromatic nitrogens is 4. The summed E-state index contributed by atoms with van der Waals surface area (Å²) in [7, 11) is 0. The number of fused-ring (bicyclic) bond motifs is 6. The topological polar surface area (TPSA) is 35.6 Å². The fourth-order valence-corrected chi connectivity index (χ4v) is 7.55. The van der Waals surface area contributed by atoms with Gasteiger partial charge in [-0.3, -0.25) is 9.97 Å². The molecule has 4 nitrogen and oxygen atoms in total. The van der Waals surface area contributed by atoms with Crippen LogP contribution in [0.2, 0.25) is 0 Å². The first-order valence-corrected chi connectivity index (χ1v) is 16.3. The van der Waals surface area contributed by atoms with Crippen LogP contribution in [0.25, 0.3) is 43.6 Å². The van der Waals surface area contributed by atoms with Gasteiger partial charge in [-0.2, -0.15) is 0 Å². The summed E-state index contributed by atoms with van der Waals surface area (Å²) in [5.41, 5.74) is 4.77. The number of para-hydroxylation sites is 2. The Bertz CT molecular complexity index is 1650. The van der Waals surface area contributed by atoms with Gasteiger partial charge in [-0.1, -0.05) is 82.6 Å². The Labute approximate surface area is 253 Å². The molecule has 0 saturated heterocycles. The second kappa shape index (κ2) is 12.4. The average molecular weight is 660 g/mol. The molecule has 6 aromatic rings. The van der Waals surface area contributed by atoms with E-state index >= 15 is 0 Å². The van der Waals surface area contributed by atoms with E-state index in [-0.39, 0.29) is 6.17 Å². The maximum absolute atomic E-state index is 4.59. The number of hydrogen-bond acceptors (Lipinski definition) is 2. The highest BCUT2D eigenvalue weighted by molar-refractivity contribution is 9.11. The van der Waals surface area contributed by atoms with Crippen LogP contribution in [-0.2, 0) is 0 Å². The maximum Gasteiger partial charge on any atom is 0.111 e. The van der Waals surface area contributed by atoms with Crippen molar-refractivity contribution in [2.45, 2.75) is 77.3 Å². The lowest BCUT2D eigenvalue weighted by Gasteiger charge is -2.26. The molecular weight excluding hydrogens is 624 g/mol. The molecular formula is C34H36Br2N4. The standard InChI is InChI=1S/C34H36Br2N4/c1-2-3-4-5-6-7-8-9-10-17-32(39-30-22-37-20-18-24(30)26-13-11-15-28(35)33(26)39)40-31-23-38-21-19-25(31)27-14-12-16-29(36)34(27)40/h11-16,18-23,32H,2-10,17H2,1H3. The summed E-state index contributed by atoms with van der Waals surface area (Å²) in [6.45, 7) is 2.29. The summed E-state index contributed by atoms with van der Waals surface area (Å²) < 4.78 is 7.27. The molecule has 206 valence electrons. The smallest absolute Gasteiger partial charge is 0.111 e. The molecule has 2 aromatic carbocycles. The lowest BCUT2D eigenvalue weighted by Crippen LogP contribution is -2.18. The van der Waals surface area contributed by atoms with E-state index in [4.69, 9.17) is 0 Å². The molecule has 0 aliphatic rings. The van der Waals surface area contributed by atoms with E-state index in [0.29, 0.717) is 0 Å². The highest BCUT2D eigenvalue weighted by atomic mass is 79.9. The normalized spacial score (nSPS) is 12.1. The highest BCUT2D eigenvalue weighted by Gasteiger charge is 2.25. The zero-order valence-electron chi connectivity index (χ0n) is 23.1. The van der Waals surface area contributed by atoms with Crippen molar-refractivity contribution in [1.29, 1.82) is 0 Å². The zero-order valence-corrected chi connectivity index (χ0v) is 26.3. The number of pyridine rings is 2. The second-order valence-electron chi connectivity index (χ2n) is 10.9. The minimum atomic E-state index is 0.0651. The molecule has 6 rings (SSSR count). The monoisotopic (exact) mass is 658 g/mol. The number of rotatable bonds is 12. The van der Waals surface area contributed by atoms with Gasteiger partial charge >= 0.3 is 0 Å². The molecule has 4 aromatic heterocycles. The van der Waals surface area contributed by atoms with Crippen LogP contribution in [-0.4, -0.2) is 19.1 Å². The van der Waals surface area contributed by atoms with E-state index in [0.717, 1.165) is 32.8 Å². The summed E-state index contributed by atoms with van der Waals surface area (Å²) in [5.74, 6) is 0. The summed E-state index contributed by atoms with van der Waals surface area (Å²) >= 11 is 7.85. The number of nitrogens with zero attached hydrogens (tertiary/aromatic N) is 4. The molecule has 6 heteroatoms. The van der Waals surface area contributed by atoms with Gasteiger partial charge in [-0.05, 0) is 69.0 Å². The van der Waals surface area contributed by atoms with Crippen molar-refractivity contribution in [3.8, 4) is 0 Å². The minimum absolute atomic E-state index is 0.0651. The summed E-state index contributed by atoms with van der Waals surface area (Å²) in [5, 5.41) is 4.98. The van der Waals surface area contributed by atoms with Gasteiger partial charge in [0.05, 0.1) is 34.5 Å². The fraction of sp³-hybridized carbons (Fsp3) is 0.353. The van der Waals surface area contributed by atoms with Gasteiger partial charge in [0.1, 0.15) is 6.17 Å². The first-order valence-electron chi connectivity index (χ1n) is 14.7. The van der Waals surface area contributed by atoms with Crippen LogP contribution in [0.5, 0.6) is 0 Å². The van der Waals surface area contributed by atoms with Gasteiger partial charge in [0.15, 0.2) is 0 Å². The lowest BCUT2D eigenvalue weighted by molar-refractivity contribution is 0.417. The number of halogens is 2. The fourth-order valence-electron chi connectivity index (χ4n) is 6.44. The van der Waals surface area contributed by atoms with Crippen molar-refractivity contribution in [3.63, 3.8) is 0 Å². The Morgan fingerprint density at radius 3 is 1.57 bits per heavy atom. The Kier molecular flexibility index (Phi) is 8.54. The molecule has 0 fully saturated rings. The third-order valence-corrected chi connectivity index (χ3v) is 9.60. The first kappa shape index (κ1) is 27.5. The van der Waals surface area contributed by atoms with E-state index in [9.17, 15) is 0 Å². The van der Waals surface area contributed by atoms with Crippen LogP contribution in [0.4, 0.5) is 0 Å². The number of hydrogen-bond donors (Lipinski definition) is 0. The number of benzene rings is 2. The Morgan fingerprint density at radius 1 is 0.600 bits per heavy atom. The molecule has 40 heavy (non-hydrogen) atoms. The second-order valence-corrected chi connectivity index (χ2v) is 12.6. The van der Waals surface area contributed by atoms with Crippen molar-refractivity contribution in [1.82, 2.24) is 19.1 Å². The van der Waals surface area contributed by atoms with Crippen LogP contribution >= 0.6 is 31.9 Å². The van der Waals surface area contributed by atoms with Crippen molar-refractivity contribution in [3.05, 3.63) is 82.3 Å². The van der Waals surface area contributed by atoms with E-state index in [2.05, 4.69) is 106 Å². The molecule has 0 spiro atoms. The molecule has 0 N–H and O–H groups in total. The van der Waals surface area contributed by atoms with E-state index < -0.39 is 0 Å². The summed E-state index contributed by atoms with van der Waals surface area (Å²) in [6, 6.07) is 17.4. The molecule has 0 saturated carbocycles. The lowest BCUT2D eigenvalue weighted by atomic mass is 10.1. The van der Waals surface area contributed by atoms with Gasteiger partial charge in [0, 0.05) is 42.9 Å². The molecule has 0 aliphatic heterocycles. The molecule has 0 atom stereocenters. The quantitative estimate of drug-likeness (QED) is 0.123.